The Bertz CT molecular complexity index is 436. The number of aliphatic hydroxyl groups is 1. The summed E-state index contributed by atoms with van der Waals surface area (Å²) in [5, 5.41) is 9.58. The van der Waals surface area contributed by atoms with Gasteiger partial charge in [0, 0.05) is 17.6 Å². The third kappa shape index (κ3) is 2.98. The maximum absolute atomic E-state index is 12.5. The Labute approximate surface area is 112 Å². The monoisotopic (exact) mass is 323 g/mol. The zero-order chi connectivity index (χ0) is 13.3. The van der Waals surface area contributed by atoms with Crippen LogP contribution in [0, 0.1) is 0 Å². The van der Waals surface area contributed by atoms with E-state index < -0.39 is 17.8 Å². The number of alkyl halides is 3. The molecule has 6 heteroatoms. The smallest absolute Gasteiger partial charge is 0.391 e. The molecule has 0 aliphatic carbocycles. The number of aliphatic hydroxyl groups excluding tert-OH is 1. The molecule has 18 heavy (non-hydrogen) atoms. The van der Waals surface area contributed by atoms with E-state index in [2.05, 4.69) is 15.9 Å². The van der Waals surface area contributed by atoms with Gasteiger partial charge >= 0.3 is 6.18 Å². The highest BCUT2D eigenvalue weighted by Crippen LogP contribution is 2.36. The molecule has 1 N–H and O–H groups in total. The van der Waals surface area contributed by atoms with Crippen LogP contribution in [0.2, 0.25) is 0 Å². The van der Waals surface area contributed by atoms with Gasteiger partial charge in [0.2, 0.25) is 0 Å². The summed E-state index contributed by atoms with van der Waals surface area (Å²) in [6.45, 7) is 1.21. The van der Waals surface area contributed by atoms with E-state index in [0.29, 0.717) is 16.7 Å². The van der Waals surface area contributed by atoms with Crippen LogP contribution in [0.3, 0.4) is 0 Å². The zero-order valence-electron chi connectivity index (χ0n) is 9.54. The maximum atomic E-state index is 12.5. The zero-order valence-corrected chi connectivity index (χ0v) is 11.1. The number of benzene rings is 1. The molecule has 1 heterocycles. The van der Waals surface area contributed by atoms with Crippen LogP contribution in [0.15, 0.2) is 22.7 Å². The van der Waals surface area contributed by atoms with E-state index in [0.717, 1.165) is 31.5 Å². The predicted octanol–water partition coefficient (Wildman–Crippen LogP) is 3.43. The largest absolute Gasteiger partial charge is 0.416 e. The lowest BCUT2D eigenvalue weighted by atomic mass is 10.1. The van der Waals surface area contributed by atoms with E-state index in [1.165, 1.54) is 6.07 Å². The fourth-order valence-corrected chi connectivity index (χ4v) is 2.74. The molecule has 1 aromatic rings. The number of β-amino-alcohol motifs (C(OH)–C–C–N with tert-alkyl or cyclic N) is 1. The predicted molar refractivity (Wildman–Crippen MR) is 66.6 cm³/mol. The minimum absolute atomic E-state index is 0.409. The van der Waals surface area contributed by atoms with Crippen LogP contribution in [-0.2, 0) is 6.18 Å². The molecule has 1 saturated heterocycles. The molecule has 0 amide bonds. The molecule has 0 aromatic heterocycles. The van der Waals surface area contributed by atoms with Gasteiger partial charge in [-0.3, -0.25) is 0 Å². The lowest BCUT2D eigenvalue weighted by Gasteiger charge is -2.32. The number of nitrogens with zero attached hydrogens (tertiary/aromatic N) is 1. The van der Waals surface area contributed by atoms with Gasteiger partial charge in [0.1, 0.15) is 0 Å². The summed E-state index contributed by atoms with van der Waals surface area (Å²) >= 11 is 3.17. The first-order valence-corrected chi connectivity index (χ1v) is 6.47. The van der Waals surface area contributed by atoms with Crippen molar-refractivity contribution >= 4 is 21.6 Å². The SMILES string of the molecule is O[C@H]1CCCN(c2ccc(C(F)(F)F)cc2Br)C1. The van der Waals surface area contributed by atoms with Crippen molar-refractivity contribution in [3.8, 4) is 0 Å². The van der Waals surface area contributed by atoms with Crippen molar-refractivity contribution in [1.82, 2.24) is 0 Å². The molecule has 1 aromatic carbocycles. The molecule has 1 aliphatic rings. The second-order valence-electron chi connectivity index (χ2n) is 4.41. The molecule has 1 aliphatic heterocycles. The molecule has 0 spiro atoms. The quantitative estimate of drug-likeness (QED) is 0.856. The average Bonchev–Trinajstić information content (AvgIpc) is 2.27. The number of halogens is 4. The van der Waals surface area contributed by atoms with Gasteiger partial charge in [0.05, 0.1) is 17.4 Å². The van der Waals surface area contributed by atoms with E-state index in [9.17, 15) is 18.3 Å². The van der Waals surface area contributed by atoms with Crippen molar-refractivity contribution in [3.63, 3.8) is 0 Å². The normalized spacial score (nSPS) is 21.2. The summed E-state index contributed by atoms with van der Waals surface area (Å²) < 4.78 is 38.0. The summed E-state index contributed by atoms with van der Waals surface area (Å²) in [7, 11) is 0. The van der Waals surface area contributed by atoms with Crippen LogP contribution in [-0.4, -0.2) is 24.3 Å². The Balaban J connectivity index is 2.24. The Morgan fingerprint density at radius 3 is 2.61 bits per heavy atom. The van der Waals surface area contributed by atoms with Gasteiger partial charge in [-0.2, -0.15) is 13.2 Å². The minimum atomic E-state index is -4.33. The molecular formula is C12H13BrF3NO. The van der Waals surface area contributed by atoms with Crippen LogP contribution in [0.4, 0.5) is 18.9 Å². The van der Waals surface area contributed by atoms with Gasteiger partial charge in [0.25, 0.3) is 0 Å². The summed E-state index contributed by atoms with van der Waals surface area (Å²) in [6, 6.07) is 3.60. The summed E-state index contributed by atoms with van der Waals surface area (Å²) in [5.74, 6) is 0. The van der Waals surface area contributed by atoms with Gasteiger partial charge < -0.3 is 10.0 Å². The van der Waals surface area contributed by atoms with Gasteiger partial charge in [-0.1, -0.05) is 0 Å². The highest BCUT2D eigenvalue weighted by Gasteiger charge is 2.31. The van der Waals surface area contributed by atoms with E-state index in [4.69, 9.17) is 0 Å². The second-order valence-corrected chi connectivity index (χ2v) is 5.26. The molecule has 1 fully saturated rings. The van der Waals surface area contributed by atoms with Gasteiger partial charge in [-0.15, -0.1) is 0 Å². The highest BCUT2D eigenvalue weighted by molar-refractivity contribution is 9.10. The fraction of sp³-hybridized carbons (Fsp3) is 0.500. The third-order valence-corrected chi connectivity index (χ3v) is 3.65. The van der Waals surface area contributed by atoms with Crippen LogP contribution in [0.25, 0.3) is 0 Å². The first-order chi connectivity index (χ1) is 8.38. The first kappa shape index (κ1) is 13.7. The third-order valence-electron chi connectivity index (χ3n) is 3.01. The van der Waals surface area contributed by atoms with Crippen molar-refractivity contribution < 1.29 is 18.3 Å². The first-order valence-electron chi connectivity index (χ1n) is 5.67. The lowest BCUT2D eigenvalue weighted by Crippen LogP contribution is -2.38. The minimum Gasteiger partial charge on any atom is -0.391 e. The molecule has 0 unspecified atom stereocenters. The summed E-state index contributed by atoms with van der Waals surface area (Å²) in [6.07, 6.45) is -3.15. The molecular weight excluding hydrogens is 311 g/mol. The molecule has 1 atom stereocenters. The number of hydrogen-bond acceptors (Lipinski definition) is 2. The van der Waals surface area contributed by atoms with E-state index >= 15 is 0 Å². The van der Waals surface area contributed by atoms with E-state index in [-0.39, 0.29) is 0 Å². The van der Waals surface area contributed by atoms with Crippen molar-refractivity contribution in [2.45, 2.75) is 25.1 Å². The Morgan fingerprint density at radius 2 is 2.06 bits per heavy atom. The van der Waals surface area contributed by atoms with Crippen LogP contribution < -0.4 is 4.90 Å². The van der Waals surface area contributed by atoms with Crippen molar-refractivity contribution in [2.75, 3.05) is 18.0 Å². The fourth-order valence-electron chi connectivity index (χ4n) is 2.11. The van der Waals surface area contributed by atoms with Crippen molar-refractivity contribution in [3.05, 3.63) is 28.2 Å². The van der Waals surface area contributed by atoms with Crippen LogP contribution >= 0.6 is 15.9 Å². The van der Waals surface area contributed by atoms with Gasteiger partial charge in [-0.25, -0.2) is 0 Å². The molecule has 2 rings (SSSR count). The lowest BCUT2D eigenvalue weighted by molar-refractivity contribution is -0.137. The number of anilines is 1. The summed E-state index contributed by atoms with van der Waals surface area (Å²) in [5.41, 5.74) is 0.0254. The van der Waals surface area contributed by atoms with Crippen molar-refractivity contribution in [1.29, 1.82) is 0 Å². The second kappa shape index (κ2) is 5.09. The number of piperidine rings is 1. The Kier molecular flexibility index (Phi) is 3.87. The topological polar surface area (TPSA) is 23.5 Å². The molecule has 0 radical (unpaired) electrons. The summed E-state index contributed by atoms with van der Waals surface area (Å²) in [4.78, 5) is 1.90. The molecule has 100 valence electrons. The van der Waals surface area contributed by atoms with E-state index in [1.54, 1.807) is 0 Å². The van der Waals surface area contributed by atoms with Gasteiger partial charge in [-0.05, 0) is 47.0 Å². The van der Waals surface area contributed by atoms with E-state index in [1.807, 2.05) is 4.90 Å². The highest BCUT2D eigenvalue weighted by atomic mass is 79.9. The van der Waals surface area contributed by atoms with Crippen LogP contribution in [0.5, 0.6) is 0 Å². The number of rotatable bonds is 1. The number of hydrogen-bond donors (Lipinski definition) is 1. The Hall–Kier alpha value is -0.750. The standard InChI is InChI=1S/C12H13BrF3NO/c13-10-6-8(12(14,15)16)3-4-11(10)17-5-1-2-9(18)7-17/h3-4,6,9,18H,1-2,5,7H2/t9-/m0/s1. The Morgan fingerprint density at radius 1 is 1.33 bits per heavy atom. The molecule has 2 nitrogen and oxygen atoms in total. The molecule has 0 bridgehead atoms. The maximum Gasteiger partial charge on any atom is 0.416 e. The molecule has 0 saturated carbocycles. The van der Waals surface area contributed by atoms with Crippen LogP contribution in [0.1, 0.15) is 18.4 Å². The van der Waals surface area contributed by atoms with Gasteiger partial charge in [0.15, 0.2) is 0 Å². The average molecular weight is 324 g/mol. The van der Waals surface area contributed by atoms with Crippen molar-refractivity contribution in [2.24, 2.45) is 0 Å².